The third kappa shape index (κ3) is 5.45. The topological polar surface area (TPSA) is 60.8 Å². The monoisotopic (exact) mass is 656 g/mol. The van der Waals surface area contributed by atoms with Crippen LogP contribution in [0.2, 0.25) is 0 Å². The highest BCUT2D eigenvalue weighted by Crippen LogP contribution is 2.58. The minimum atomic E-state index is -0.845. The summed E-state index contributed by atoms with van der Waals surface area (Å²) < 4.78 is 13.9. The Labute approximate surface area is 286 Å². The quantitative estimate of drug-likeness (QED) is 0.156. The molecular weight excluding hydrogens is 617 g/mol. The molecule has 0 fully saturated rings. The molecule has 2 aliphatic rings. The summed E-state index contributed by atoms with van der Waals surface area (Å²) in [5.74, 6) is 0.472. The van der Waals surface area contributed by atoms with E-state index in [0.29, 0.717) is 13.0 Å². The fourth-order valence-corrected chi connectivity index (χ4v) is 7.84. The molecule has 0 bridgehead atoms. The smallest absolute Gasteiger partial charge is 0.419 e. The molecule has 2 heterocycles. The fraction of sp³-hybridized carbons (Fsp3) is 0.268. The van der Waals surface area contributed by atoms with E-state index in [-0.39, 0.29) is 12.6 Å². The van der Waals surface area contributed by atoms with Crippen molar-refractivity contribution in [2.75, 3.05) is 12.0 Å². The van der Waals surface area contributed by atoms with Crippen LogP contribution in [-0.2, 0) is 39.4 Å². The molecule has 0 amide bonds. The SMILES string of the molecule is CSCCc1cc2c(n1C(=O)OC(C)(C)C)CN(C1(c3ccccc3)c3ccccc3-c3ccccc31)[C@@H]2C(=O)OCc1ccccc1. The summed E-state index contributed by atoms with van der Waals surface area (Å²) in [6.07, 6.45) is 2.28. The number of esters is 1. The van der Waals surface area contributed by atoms with E-state index in [1.165, 1.54) is 0 Å². The van der Waals surface area contributed by atoms with Gasteiger partial charge in [0, 0.05) is 23.5 Å². The highest BCUT2D eigenvalue weighted by atomic mass is 32.2. The first-order chi connectivity index (χ1) is 23.2. The number of hydrogen-bond donors (Lipinski definition) is 0. The Hall–Kier alpha value is -4.59. The van der Waals surface area contributed by atoms with Crippen LogP contribution in [0.3, 0.4) is 0 Å². The van der Waals surface area contributed by atoms with Gasteiger partial charge in [0.05, 0.1) is 5.54 Å². The van der Waals surface area contributed by atoms with Crippen LogP contribution in [0.5, 0.6) is 0 Å². The maximum absolute atomic E-state index is 14.7. The van der Waals surface area contributed by atoms with E-state index in [1.54, 1.807) is 16.3 Å². The Morgan fingerprint density at radius 1 is 0.833 bits per heavy atom. The van der Waals surface area contributed by atoms with Crippen LogP contribution in [0, 0.1) is 0 Å². The number of thioether (sulfide) groups is 1. The van der Waals surface area contributed by atoms with Crippen LogP contribution in [0.4, 0.5) is 4.79 Å². The number of ether oxygens (including phenoxy) is 2. The molecule has 0 saturated heterocycles. The van der Waals surface area contributed by atoms with Crippen LogP contribution in [0.25, 0.3) is 11.1 Å². The van der Waals surface area contributed by atoms with Crippen LogP contribution in [0.15, 0.2) is 115 Å². The van der Waals surface area contributed by atoms with Crippen molar-refractivity contribution in [2.45, 2.75) is 57.5 Å². The van der Waals surface area contributed by atoms with Gasteiger partial charge in [-0.2, -0.15) is 11.8 Å². The molecule has 7 heteroatoms. The van der Waals surface area contributed by atoms with Crippen molar-refractivity contribution in [1.82, 2.24) is 9.47 Å². The molecule has 6 nitrogen and oxygen atoms in total. The first kappa shape index (κ1) is 32.0. The summed E-state index contributed by atoms with van der Waals surface area (Å²) in [6.45, 7) is 6.11. The van der Waals surface area contributed by atoms with Crippen LogP contribution in [0.1, 0.15) is 66.0 Å². The Bertz CT molecular complexity index is 1920. The predicted molar refractivity (Wildman–Crippen MR) is 191 cm³/mol. The van der Waals surface area contributed by atoms with Gasteiger partial charge < -0.3 is 9.47 Å². The van der Waals surface area contributed by atoms with Crippen molar-refractivity contribution < 1.29 is 19.1 Å². The van der Waals surface area contributed by atoms with Crippen molar-refractivity contribution in [2.24, 2.45) is 0 Å². The molecule has 1 aromatic heterocycles. The lowest BCUT2D eigenvalue weighted by Crippen LogP contribution is -2.48. The second-order valence-electron chi connectivity index (χ2n) is 13.4. The normalized spacial score (nSPS) is 16.2. The lowest BCUT2D eigenvalue weighted by molar-refractivity contribution is -0.153. The van der Waals surface area contributed by atoms with Gasteiger partial charge in [0.1, 0.15) is 18.2 Å². The molecule has 0 saturated carbocycles. The highest BCUT2D eigenvalue weighted by Gasteiger charge is 2.56. The van der Waals surface area contributed by atoms with E-state index >= 15 is 0 Å². The molecule has 4 aromatic carbocycles. The summed E-state index contributed by atoms with van der Waals surface area (Å²) in [5.41, 5.74) is 7.24. The molecule has 0 unspecified atom stereocenters. The van der Waals surface area contributed by atoms with Gasteiger partial charge in [0.15, 0.2) is 0 Å². The van der Waals surface area contributed by atoms with Crippen LogP contribution >= 0.6 is 11.8 Å². The summed E-state index contributed by atoms with van der Waals surface area (Å²) in [4.78, 5) is 31.0. The minimum Gasteiger partial charge on any atom is -0.459 e. The Kier molecular flexibility index (Phi) is 8.52. The van der Waals surface area contributed by atoms with Gasteiger partial charge in [-0.3, -0.25) is 9.47 Å². The zero-order chi connectivity index (χ0) is 33.5. The number of carbonyl (C=O) groups is 2. The number of benzene rings is 4. The van der Waals surface area contributed by atoms with Gasteiger partial charge in [0.2, 0.25) is 0 Å². The van der Waals surface area contributed by atoms with E-state index in [0.717, 1.165) is 56.1 Å². The molecule has 244 valence electrons. The van der Waals surface area contributed by atoms with Gasteiger partial charge in [-0.1, -0.05) is 109 Å². The molecule has 0 N–H and O–H groups in total. The van der Waals surface area contributed by atoms with Crippen LogP contribution < -0.4 is 0 Å². The fourth-order valence-electron chi connectivity index (χ4n) is 7.43. The van der Waals surface area contributed by atoms with Crippen molar-refractivity contribution in [3.63, 3.8) is 0 Å². The Morgan fingerprint density at radius 2 is 1.42 bits per heavy atom. The van der Waals surface area contributed by atoms with Crippen LogP contribution in [-0.4, -0.2) is 39.1 Å². The number of carbonyl (C=O) groups excluding carboxylic acids is 2. The lowest BCUT2D eigenvalue weighted by Gasteiger charge is -2.44. The number of aryl methyl sites for hydroxylation is 1. The second kappa shape index (κ2) is 12.8. The average molecular weight is 657 g/mol. The Morgan fingerprint density at radius 3 is 2.02 bits per heavy atom. The molecule has 1 aliphatic heterocycles. The molecule has 1 atom stereocenters. The van der Waals surface area contributed by atoms with Gasteiger partial charge >= 0.3 is 12.1 Å². The molecule has 5 aromatic rings. The zero-order valence-electron chi connectivity index (χ0n) is 27.8. The first-order valence-electron chi connectivity index (χ1n) is 16.4. The van der Waals surface area contributed by atoms with Crippen molar-refractivity contribution >= 4 is 23.8 Å². The second-order valence-corrected chi connectivity index (χ2v) is 14.4. The predicted octanol–water partition coefficient (Wildman–Crippen LogP) is 8.75. The van der Waals surface area contributed by atoms with E-state index < -0.39 is 23.3 Å². The average Bonchev–Trinajstić information content (AvgIpc) is 3.73. The van der Waals surface area contributed by atoms with Gasteiger partial charge in [-0.15, -0.1) is 0 Å². The number of nitrogens with zero attached hydrogens (tertiary/aromatic N) is 2. The standard InChI is InChI=1S/C41H40N2O4S/c1-40(2,3)47-39(45)43-30(23-24-48-4)25-33-36(43)26-42(37(33)38(44)46-27-28-15-7-5-8-16-28)41(29-17-9-6-10-18-29)34-21-13-11-19-31(34)32-20-12-14-22-35(32)41/h5-22,25,37H,23-24,26-27H2,1-4H3/t37-/m0/s1. The zero-order valence-corrected chi connectivity index (χ0v) is 28.6. The van der Waals surface area contributed by atoms with E-state index in [1.807, 2.05) is 75.4 Å². The van der Waals surface area contributed by atoms with E-state index in [4.69, 9.17) is 9.47 Å². The molecule has 0 spiro atoms. The largest absolute Gasteiger partial charge is 0.459 e. The molecular formula is C41H40N2O4S. The van der Waals surface area contributed by atoms with Crippen molar-refractivity contribution in [3.8, 4) is 11.1 Å². The summed E-state index contributed by atoms with van der Waals surface area (Å²) in [6, 6.07) is 38.3. The summed E-state index contributed by atoms with van der Waals surface area (Å²) in [5, 5.41) is 0. The third-order valence-electron chi connectivity index (χ3n) is 9.27. The van der Waals surface area contributed by atoms with Crippen molar-refractivity contribution in [3.05, 3.63) is 154 Å². The lowest BCUT2D eigenvalue weighted by atomic mass is 9.78. The highest BCUT2D eigenvalue weighted by molar-refractivity contribution is 7.98. The maximum atomic E-state index is 14.7. The molecule has 7 rings (SSSR count). The third-order valence-corrected chi connectivity index (χ3v) is 9.88. The maximum Gasteiger partial charge on any atom is 0.419 e. The van der Waals surface area contributed by atoms with Gasteiger partial charge in [0.25, 0.3) is 0 Å². The van der Waals surface area contributed by atoms with E-state index in [9.17, 15) is 9.59 Å². The molecule has 1 aliphatic carbocycles. The Balaban J connectivity index is 1.45. The number of hydrogen-bond acceptors (Lipinski definition) is 6. The minimum absolute atomic E-state index is 0.150. The van der Waals surface area contributed by atoms with Gasteiger partial charge in [-0.05, 0) is 78.6 Å². The number of rotatable bonds is 8. The van der Waals surface area contributed by atoms with Crippen molar-refractivity contribution in [1.29, 1.82) is 0 Å². The number of fused-ring (bicyclic) bond motifs is 4. The van der Waals surface area contributed by atoms with E-state index in [2.05, 4.69) is 71.8 Å². The first-order valence-corrected chi connectivity index (χ1v) is 17.8. The summed E-state index contributed by atoms with van der Waals surface area (Å²) in [7, 11) is 0. The van der Waals surface area contributed by atoms with Gasteiger partial charge in [-0.25, -0.2) is 9.59 Å². The molecule has 0 radical (unpaired) electrons. The number of aromatic nitrogens is 1. The summed E-state index contributed by atoms with van der Waals surface area (Å²) >= 11 is 1.72. The molecule has 48 heavy (non-hydrogen) atoms.